The summed E-state index contributed by atoms with van der Waals surface area (Å²) in [5.41, 5.74) is 2.35. The Bertz CT molecular complexity index is 359. The molecule has 16 heavy (non-hydrogen) atoms. The first-order valence-corrected chi connectivity index (χ1v) is 6.56. The van der Waals surface area contributed by atoms with Gasteiger partial charge in [-0.2, -0.15) is 0 Å². The SMILES string of the molecule is Cc1ccc(OP2OCC(C)CO2)c(C)c1. The normalized spacial score (nSPS) is 25.4. The van der Waals surface area contributed by atoms with Crippen LogP contribution in [-0.4, -0.2) is 13.2 Å². The number of benzene rings is 1. The van der Waals surface area contributed by atoms with Crippen molar-refractivity contribution in [1.82, 2.24) is 0 Å². The summed E-state index contributed by atoms with van der Waals surface area (Å²) in [4.78, 5) is 0. The highest BCUT2D eigenvalue weighted by Crippen LogP contribution is 2.44. The van der Waals surface area contributed by atoms with Crippen molar-refractivity contribution >= 4 is 8.60 Å². The summed E-state index contributed by atoms with van der Waals surface area (Å²) in [7, 11) is -1.20. The molecule has 0 amide bonds. The van der Waals surface area contributed by atoms with E-state index in [0.717, 1.165) is 24.5 Å². The molecule has 1 aromatic carbocycles. The smallest absolute Gasteiger partial charge is 0.397 e. The summed E-state index contributed by atoms with van der Waals surface area (Å²) in [6.45, 7) is 7.64. The third-order valence-electron chi connectivity index (χ3n) is 2.43. The van der Waals surface area contributed by atoms with Gasteiger partial charge in [0.05, 0.1) is 13.2 Å². The lowest BCUT2D eigenvalue weighted by Crippen LogP contribution is -2.17. The van der Waals surface area contributed by atoms with E-state index < -0.39 is 8.60 Å². The topological polar surface area (TPSA) is 27.7 Å². The minimum Gasteiger partial charge on any atom is -0.426 e. The van der Waals surface area contributed by atoms with E-state index in [-0.39, 0.29) is 0 Å². The molecule has 0 atom stereocenters. The molecule has 1 fully saturated rings. The van der Waals surface area contributed by atoms with Crippen LogP contribution < -0.4 is 4.52 Å². The Labute approximate surface area is 97.7 Å². The van der Waals surface area contributed by atoms with Crippen molar-refractivity contribution in [3.05, 3.63) is 29.3 Å². The molecular weight excluding hydrogens is 223 g/mol. The van der Waals surface area contributed by atoms with Crippen LogP contribution in [0.5, 0.6) is 5.75 Å². The van der Waals surface area contributed by atoms with Crippen LogP contribution >= 0.6 is 8.60 Å². The summed E-state index contributed by atoms with van der Waals surface area (Å²) < 4.78 is 16.7. The molecule has 0 saturated carbocycles. The molecule has 0 aromatic heterocycles. The maximum Gasteiger partial charge on any atom is 0.397 e. The Balaban J connectivity index is 1.98. The molecule has 1 saturated heterocycles. The second-order valence-corrected chi connectivity index (χ2v) is 5.43. The maximum atomic E-state index is 5.71. The number of rotatable bonds is 2. The average molecular weight is 240 g/mol. The van der Waals surface area contributed by atoms with Gasteiger partial charge in [-0.05, 0) is 25.5 Å². The van der Waals surface area contributed by atoms with Gasteiger partial charge < -0.3 is 13.6 Å². The Morgan fingerprint density at radius 3 is 2.56 bits per heavy atom. The molecule has 0 aliphatic carbocycles. The van der Waals surface area contributed by atoms with Crippen molar-refractivity contribution in [1.29, 1.82) is 0 Å². The van der Waals surface area contributed by atoms with E-state index in [1.807, 2.05) is 19.1 Å². The van der Waals surface area contributed by atoms with Crippen LogP contribution in [0.15, 0.2) is 18.2 Å². The van der Waals surface area contributed by atoms with Crippen molar-refractivity contribution in [2.24, 2.45) is 5.92 Å². The second-order valence-electron chi connectivity index (χ2n) is 4.28. The Morgan fingerprint density at radius 2 is 1.94 bits per heavy atom. The van der Waals surface area contributed by atoms with Gasteiger partial charge in [0.25, 0.3) is 0 Å². The van der Waals surface area contributed by atoms with E-state index in [1.165, 1.54) is 5.56 Å². The van der Waals surface area contributed by atoms with Crippen molar-refractivity contribution < 1.29 is 13.6 Å². The fourth-order valence-electron chi connectivity index (χ4n) is 1.50. The minimum absolute atomic E-state index is 0.460. The lowest BCUT2D eigenvalue weighted by atomic mass is 10.1. The van der Waals surface area contributed by atoms with E-state index in [0.29, 0.717) is 5.92 Å². The first kappa shape index (κ1) is 11.8. The van der Waals surface area contributed by atoms with Gasteiger partial charge in [0, 0.05) is 5.92 Å². The lowest BCUT2D eigenvalue weighted by Gasteiger charge is -2.25. The summed E-state index contributed by atoms with van der Waals surface area (Å²) in [5.74, 6) is 1.31. The summed E-state index contributed by atoms with van der Waals surface area (Å²) in [6, 6.07) is 6.10. The van der Waals surface area contributed by atoms with Crippen LogP contribution in [0.25, 0.3) is 0 Å². The molecule has 0 bridgehead atoms. The van der Waals surface area contributed by atoms with E-state index in [1.54, 1.807) is 0 Å². The summed E-state index contributed by atoms with van der Waals surface area (Å²) in [5, 5.41) is 0. The molecule has 1 aliphatic heterocycles. The second kappa shape index (κ2) is 5.13. The van der Waals surface area contributed by atoms with Gasteiger partial charge >= 0.3 is 8.60 Å². The third-order valence-corrected chi connectivity index (χ3v) is 3.50. The fourth-order valence-corrected chi connectivity index (χ4v) is 2.79. The molecule has 1 heterocycles. The van der Waals surface area contributed by atoms with Crippen molar-refractivity contribution in [2.45, 2.75) is 20.8 Å². The molecule has 2 rings (SSSR count). The standard InChI is InChI=1S/C12H17O3P/c1-9-4-5-12(11(3)6-9)15-16-13-7-10(2)8-14-16/h4-6,10H,7-8H2,1-3H3. The van der Waals surface area contributed by atoms with Gasteiger partial charge in [-0.1, -0.05) is 24.6 Å². The average Bonchev–Trinajstić information content (AvgIpc) is 2.25. The van der Waals surface area contributed by atoms with Crippen LogP contribution in [0.1, 0.15) is 18.1 Å². The summed E-state index contributed by atoms with van der Waals surface area (Å²) in [6.07, 6.45) is 0. The molecule has 0 spiro atoms. The van der Waals surface area contributed by atoms with Gasteiger partial charge in [-0.15, -0.1) is 0 Å². The predicted molar refractivity (Wildman–Crippen MR) is 64.5 cm³/mol. The quantitative estimate of drug-likeness (QED) is 0.739. The predicted octanol–water partition coefficient (Wildman–Crippen LogP) is 3.59. The monoisotopic (exact) mass is 240 g/mol. The van der Waals surface area contributed by atoms with Crippen LogP contribution in [0.4, 0.5) is 0 Å². The lowest BCUT2D eigenvalue weighted by molar-refractivity contribution is 0.102. The zero-order valence-electron chi connectivity index (χ0n) is 9.90. The van der Waals surface area contributed by atoms with Crippen LogP contribution in [0, 0.1) is 19.8 Å². The van der Waals surface area contributed by atoms with E-state index in [9.17, 15) is 0 Å². The molecule has 0 N–H and O–H groups in total. The zero-order chi connectivity index (χ0) is 11.5. The molecule has 1 aromatic rings. The Hall–Kier alpha value is -0.630. The van der Waals surface area contributed by atoms with Crippen molar-refractivity contribution in [2.75, 3.05) is 13.2 Å². The fraction of sp³-hybridized carbons (Fsp3) is 0.500. The molecule has 1 aliphatic rings. The van der Waals surface area contributed by atoms with E-state index in [2.05, 4.69) is 19.9 Å². The molecule has 3 nitrogen and oxygen atoms in total. The van der Waals surface area contributed by atoms with Gasteiger partial charge in [-0.25, -0.2) is 0 Å². The molecular formula is C12H17O3P. The minimum atomic E-state index is -1.20. The largest absolute Gasteiger partial charge is 0.426 e. The Morgan fingerprint density at radius 1 is 1.25 bits per heavy atom. The van der Waals surface area contributed by atoms with E-state index in [4.69, 9.17) is 13.6 Å². The highest BCUT2D eigenvalue weighted by Gasteiger charge is 2.23. The number of aryl methyl sites for hydroxylation is 2. The highest BCUT2D eigenvalue weighted by molar-refractivity contribution is 7.42. The van der Waals surface area contributed by atoms with Gasteiger partial charge in [0.1, 0.15) is 5.75 Å². The van der Waals surface area contributed by atoms with Crippen LogP contribution in [0.3, 0.4) is 0 Å². The van der Waals surface area contributed by atoms with Crippen molar-refractivity contribution in [3.63, 3.8) is 0 Å². The van der Waals surface area contributed by atoms with Gasteiger partial charge in [-0.3, -0.25) is 0 Å². The third kappa shape index (κ3) is 2.94. The van der Waals surface area contributed by atoms with Gasteiger partial charge in [0.15, 0.2) is 0 Å². The first-order valence-electron chi connectivity index (χ1n) is 5.46. The van der Waals surface area contributed by atoms with Crippen LogP contribution in [0.2, 0.25) is 0 Å². The number of hydrogen-bond acceptors (Lipinski definition) is 3. The first-order chi connectivity index (χ1) is 7.65. The molecule has 0 unspecified atom stereocenters. The molecule has 88 valence electrons. The zero-order valence-corrected chi connectivity index (χ0v) is 10.8. The molecule has 0 radical (unpaired) electrons. The van der Waals surface area contributed by atoms with Gasteiger partial charge in [0.2, 0.25) is 0 Å². The number of hydrogen-bond donors (Lipinski definition) is 0. The van der Waals surface area contributed by atoms with Crippen molar-refractivity contribution in [3.8, 4) is 5.75 Å². The van der Waals surface area contributed by atoms with E-state index >= 15 is 0 Å². The molecule has 4 heteroatoms. The summed E-state index contributed by atoms with van der Waals surface area (Å²) >= 11 is 0. The Kier molecular flexibility index (Phi) is 3.80. The highest BCUT2D eigenvalue weighted by atomic mass is 31.2. The maximum absolute atomic E-state index is 5.71. The van der Waals surface area contributed by atoms with Crippen LogP contribution in [-0.2, 0) is 9.05 Å².